The second-order valence-corrected chi connectivity index (χ2v) is 3.48. The SMILES string of the molecule is CCC(=NO)c1cc(Cl)c(O)c(CN)c1. The summed E-state index contributed by atoms with van der Waals surface area (Å²) in [5.74, 6) is -0.0173. The molecule has 0 heterocycles. The number of benzene rings is 1. The minimum Gasteiger partial charge on any atom is -0.506 e. The van der Waals surface area contributed by atoms with E-state index in [1.807, 2.05) is 6.92 Å². The summed E-state index contributed by atoms with van der Waals surface area (Å²) in [6, 6.07) is 3.22. The molecule has 0 aromatic heterocycles. The Morgan fingerprint density at radius 2 is 2.20 bits per heavy atom. The van der Waals surface area contributed by atoms with Gasteiger partial charge in [-0.2, -0.15) is 0 Å². The summed E-state index contributed by atoms with van der Waals surface area (Å²) in [6.07, 6.45) is 0.571. The highest BCUT2D eigenvalue weighted by molar-refractivity contribution is 6.32. The van der Waals surface area contributed by atoms with E-state index in [-0.39, 0.29) is 17.3 Å². The van der Waals surface area contributed by atoms with E-state index in [0.29, 0.717) is 23.3 Å². The molecule has 1 rings (SSSR count). The van der Waals surface area contributed by atoms with Gasteiger partial charge in [0.2, 0.25) is 0 Å². The van der Waals surface area contributed by atoms with Gasteiger partial charge in [0.15, 0.2) is 0 Å². The first-order valence-electron chi connectivity index (χ1n) is 4.56. The zero-order chi connectivity index (χ0) is 11.4. The molecule has 0 amide bonds. The van der Waals surface area contributed by atoms with Crippen molar-refractivity contribution in [2.24, 2.45) is 10.9 Å². The van der Waals surface area contributed by atoms with Crippen LogP contribution in [0.25, 0.3) is 0 Å². The summed E-state index contributed by atoms with van der Waals surface area (Å²) in [6.45, 7) is 2.04. The minimum absolute atomic E-state index is 0.0173. The Morgan fingerprint density at radius 3 is 2.67 bits per heavy atom. The molecule has 0 saturated carbocycles. The van der Waals surface area contributed by atoms with E-state index in [0.717, 1.165) is 0 Å². The van der Waals surface area contributed by atoms with Gasteiger partial charge >= 0.3 is 0 Å². The van der Waals surface area contributed by atoms with Crippen molar-refractivity contribution in [2.75, 3.05) is 0 Å². The Labute approximate surface area is 93.0 Å². The summed E-state index contributed by atoms with van der Waals surface area (Å²) in [7, 11) is 0. The number of halogens is 1. The van der Waals surface area contributed by atoms with Crippen molar-refractivity contribution in [3.8, 4) is 5.75 Å². The van der Waals surface area contributed by atoms with E-state index in [1.165, 1.54) is 0 Å². The molecule has 15 heavy (non-hydrogen) atoms. The van der Waals surface area contributed by atoms with E-state index in [2.05, 4.69) is 5.16 Å². The van der Waals surface area contributed by atoms with Crippen LogP contribution in [0.3, 0.4) is 0 Å². The number of hydrogen-bond donors (Lipinski definition) is 3. The average molecular weight is 229 g/mol. The van der Waals surface area contributed by atoms with Gasteiger partial charge in [-0.05, 0) is 18.6 Å². The first kappa shape index (κ1) is 11.8. The van der Waals surface area contributed by atoms with Gasteiger partial charge in [-0.15, -0.1) is 0 Å². The summed E-state index contributed by atoms with van der Waals surface area (Å²) >= 11 is 5.81. The number of phenols is 1. The molecule has 0 aliphatic carbocycles. The lowest BCUT2D eigenvalue weighted by molar-refractivity contribution is 0.318. The van der Waals surface area contributed by atoms with Crippen LogP contribution in [0.2, 0.25) is 5.02 Å². The molecule has 5 heteroatoms. The zero-order valence-electron chi connectivity index (χ0n) is 8.37. The quantitative estimate of drug-likeness (QED) is 0.421. The largest absolute Gasteiger partial charge is 0.506 e. The number of oxime groups is 1. The molecule has 0 aliphatic heterocycles. The van der Waals surface area contributed by atoms with Gasteiger partial charge in [0, 0.05) is 17.7 Å². The van der Waals surface area contributed by atoms with Crippen LogP contribution in [0.4, 0.5) is 0 Å². The smallest absolute Gasteiger partial charge is 0.138 e. The third kappa shape index (κ3) is 2.40. The van der Waals surface area contributed by atoms with E-state index >= 15 is 0 Å². The van der Waals surface area contributed by atoms with E-state index in [9.17, 15) is 5.11 Å². The molecular formula is C10H13ClN2O2. The summed E-state index contributed by atoms with van der Waals surface area (Å²) in [5.41, 5.74) is 7.16. The third-order valence-corrected chi connectivity index (χ3v) is 2.44. The van der Waals surface area contributed by atoms with Crippen LogP contribution in [0, 0.1) is 0 Å². The first-order valence-corrected chi connectivity index (χ1v) is 4.94. The molecule has 0 atom stereocenters. The Morgan fingerprint density at radius 1 is 1.53 bits per heavy atom. The normalized spacial score (nSPS) is 11.8. The topological polar surface area (TPSA) is 78.8 Å². The molecule has 0 fully saturated rings. The maximum Gasteiger partial charge on any atom is 0.138 e. The monoisotopic (exact) mass is 228 g/mol. The van der Waals surface area contributed by atoms with Crippen molar-refractivity contribution in [1.29, 1.82) is 0 Å². The van der Waals surface area contributed by atoms with Crippen LogP contribution in [0.5, 0.6) is 5.75 Å². The Hall–Kier alpha value is -1.26. The number of rotatable bonds is 3. The average Bonchev–Trinajstić information content (AvgIpc) is 2.24. The van der Waals surface area contributed by atoms with Crippen LogP contribution >= 0.6 is 11.6 Å². The number of nitrogens with zero attached hydrogens (tertiary/aromatic N) is 1. The first-order chi connectivity index (χ1) is 7.13. The third-order valence-electron chi connectivity index (χ3n) is 2.15. The predicted octanol–water partition coefficient (Wildman–Crippen LogP) is 2.09. The van der Waals surface area contributed by atoms with Gasteiger partial charge in [0.25, 0.3) is 0 Å². The molecule has 0 bridgehead atoms. The van der Waals surface area contributed by atoms with Crippen molar-refractivity contribution in [3.63, 3.8) is 0 Å². The molecule has 1 aromatic carbocycles. The second kappa shape index (κ2) is 5.00. The van der Waals surface area contributed by atoms with E-state index in [4.69, 9.17) is 22.5 Å². The van der Waals surface area contributed by atoms with Crippen molar-refractivity contribution in [2.45, 2.75) is 19.9 Å². The Bertz CT molecular complexity index is 391. The summed E-state index contributed by atoms with van der Waals surface area (Å²) in [4.78, 5) is 0. The van der Waals surface area contributed by atoms with Crippen molar-refractivity contribution in [3.05, 3.63) is 28.3 Å². The van der Waals surface area contributed by atoms with Gasteiger partial charge in [0.1, 0.15) is 5.75 Å². The molecule has 0 radical (unpaired) electrons. The fourth-order valence-electron chi connectivity index (χ4n) is 1.31. The fraction of sp³-hybridized carbons (Fsp3) is 0.300. The van der Waals surface area contributed by atoms with Gasteiger partial charge in [-0.1, -0.05) is 23.7 Å². The number of aromatic hydroxyl groups is 1. The lowest BCUT2D eigenvalue weighted by Crippen LogP contribution is -2.03. The van der Waals surface area contributed by atoms with Gasteiger partial charge in [0.05, 0.1) is 10.7 Å². The molecule has 0 unspecified atom stereocenters. The van der Waals surface area contributed by atoms with Crippen LogP contribution < -0.4 is 5.73 Å². The molecule has 4 nitrogen and oxygen atoms in total. The maximum absolute atomic E-state index is 9.53. The molecule has 1 aromatic rings. The van der Waals surface area contributed by atoms with Crippen LogP contribution in [0.15, 0.2) is 17.3 Å². The maximum atomic E-state index is 9.53. The van der Waals surface area contributed by atoms with Gasteiger partial charge in [-0.3, -0.25) is 0 Å². The summed E-state index contributed by atoms with van der Waals surface area (Å²) < 4.78 is 0. The predicted molar refractivity (Wildman–Crippen MR) is 59.6 cm³/mol. The van der Waals surface area contributed by atoms with Crippen LogP contribution in [-0.4, -0.2) is 16.0 Å². The molecule has 0 spiro atoms. The lowest BCUT2D eigenvalue weighted by atomic mass is 10.0. The molecule has 0 aliphatic rings. The highest BCUT2D eigenvalue weighted by Crippen LogP contribution is 2.29. The van der Waals surface area contributed by atoms with E-state index in [1.54, 1.807) is 12.1 Å². The van der Waals surface area contributed by atoms with Gasteiger partial charge < -0.3 is 16.0 Å². The van der Waals surface area contributed by atoms with Crippen molar-refractivity contribution in [1.82, 2.24) is 0 Å². The minimum atomic E-state index is -0.0173. The second-order valence-electron chi connectivity index (χ2n) is 3.07. The fourth-order valence-corrected chi connectivity index (χ4v) is 1.55. The Balaban J connectivity index is 3.28. The van der Waals surface area contributed by atoms with Crippen molar-refractivity contribution >= 4 is 17.3 Å². The standard InChI is InChI=1S/C10H13ClN2O2/c1-2-9(13-15)6-3-7(5-12)10(14)8(11)4-6/h3-4,14-15H,2,5,12H2,1H3. The zero-order valence-corrected chi connectivity index (χ0v) is 9.12. The molecule has 82 valence electrons. The summed E-state index contributed by atoms with van der Waals surface area (Å²) in [5, 5.41) is 21.7. The number of phenolic OH excluding ortho intramolecular Hbond substituents is 1. The number of nitrogens with two attached hydrogens (primary N) is 1. The van der Waals surface area contributed by atoms with Gasteiger partial charge in [-0.25, -0.2) is 0 Å². The molecular weight excluding hydrogens is 216 g/mol. The number of hydrogen-bond acceptors (Lipinski definition) is 4. The van der Waals surface area contributed by atoms with Crippen molar-refractivity contribution < 1.29 is 10.3 Å². The van der Waals surface area contributed by atoms with Crippen LogP contribution in [-0.2, 0) is 6.54 Å². The highest BCUT2D eigenvalue weighted by atomic mass is 35.5. The van der Waals surface area contributed by atoms with E-state index < -0.39 is 0 Å². The highest BCUT2D eigenvalue weighted by Gasteiger charge is 2.10. The lowest BCUT2D eigenvalue weighted by Gasteiger charge is -2.08. The molecule has 0 saturated heterocycles. The molecule has 4 N–H and O–H groups in total. The Kier molecular flexibility index (Phi) is 3.94. The van der Waals surface area contributed by atoms with Crippen LogP contribution in [0.1, 0.15) is 24.5 Å².